The molecule has 0 aliphatic heterocycles. The van der Waals surface area contributed by atoms with Crippen molar-refractivity contribution in [3.63, 3.8) is 0 Å². The number of amides is 1. The SMILES string of the molecule is CC(C)n1nccc1C(=O)NN(C)c1ccccc1. The number of hydrazine groups is 1. The molecule has 5 nitrogen and oxygen atoms in total. The summed E-state index contributed by atoms with van der Waals surface area (Å²) in [5.41, 5.74) is 4.30. The zero-order chi connectivity index (χ0) is 13.8. The van der Waals surface area contributed by atoms with Gasteiger partial charge < -0.3 is 0 Å². The number of rotatable bonds is 4. The second kappa shape index (κ2) is 5.56. The largest absolute Gasteiger partial charge is 0.288 e. The minimum absolute atomic E-state index is 0.151. The molecule has 1 aromatic heterocycles. The minimum Gasteiger partial charge on any atom is -0.288 e. The highest BCUT2D eigenvalue weighted by Gasteiger charge is 2.15. The molecular formula is C14H18N4O. The van der Waals surface area contributed by atoms with E-state index in [1.807, 2.05) is 51.2 Å². The van der Waals surface area contributed by atoms with E-state index in [-0.39, 0.29) is 11.9 Å². The van der Waals surface area contributed by atoms with Gasteiger partial charge in [0, 0.05) is 19.3 Å². The van der Waals surface area contributed by atoms with E-state index in [0.29, 0.717) is 5.69 Å². The molecule has 0 saturated carbocycles. The number of aromatic nitrogens is 2. The topological polar surface area (TPSA) is 50.2 Å². The quantitative estimate of drug-likeness (QED) is 0.856. The van der Waals surface area contributed by atoms with Crippen LogP contribution in [0.5, 0.6) is 0 Å². The molecule has 0 unspecified atom stereocenters. The molecular weight excluding hydrogens is 240 g/mol. The Balaban J connectivity index is 2.11. The summed E-state index contributed by atoms with van der Waals surface area (Å²) in [6, 6.07) is 11.5. The summed E-state index contributed by atoms with van der Waals surface area (Å²) in [5, 5.41) is 5.85. The van der Waals surface area contributed by atoms with Crippen LogP contribution in [0.25, 0.3) is 0 Å². The molecule has 0 aliphatic rings. The molecule has 19 heavy (non-hydrogen) atoms. The van der Waals surface area contributed by atoms with Crippen LogP contribution in [0.4, 0.5) is 5.69 Å². The van der Waals surface area contributed by atoms with Crippen molar-refractivity contribution in [3.05, 3.63) is 48.3 Å². The van der Waals surface area contributed by atoms with Crippen LogP contribution in [0.15, 0.2) is 42.6 Å². The van der Waals surface area contributed by atoms with Gasteiger partial charge in [0.2, 0.25) is 0 Å². The Morgan fingerprint density at radius 1 is 1.26 bits per heavy atom. The number of para-hydroxylation sites is 1. The van der Waals surface area contributed by atoms with Crippen LogP contribution >= 0.6 is 0 Å². The lowest BCUT2D eigenvalue weighted by Crippen LogP contribution is -2.40. The van der Waals surface area contributed by atoms with E-state index in [9.17, 15) is 4.79 Å². The van der Waals surface area contributed by atoms with E-state index >= 15 is 0 Å². The summed E-state index contributed by atoms with van der Waals surface area (Å²) >= 11 is 0. The molecule has 1 heterocycles. The fourth-order valence-electron chi connectivity index (χ4n) is 1.83. The predicted molar refractivity (Wildman–Crippen MR) is 74.9 cm³/mol. The minimum atomic E-state index is -0.169. The molecule has 1 N–H and O–H groups in total. The fraction of sp³-hybridized carbons (Fsp3) is 0.286. The van der Waals surface area contributed by atoms with Gasteiger partial charge in [-0.25, -0.2) is 0 Å². The van der Waals surface area contributed by atoms with E-state index in [1.165, 1.54) is 0 Å². The summed E-state index contributed by atoms with van der Waals surface area (Å²) in [5.74, 6) is -0.169. The molecule has 0 atom stereocenters. The number of benzene rings is 1. The Morgan fingerprint density at radius 3 is 2.58 bits per heavy atom. The van der Waals surface area contributed by atoms with E-state index < -0.39 is 0 Å². The Morgan fingerprint density at radius 2 is 1.95 bits per heavy atom. The van der Waals surface area contributed by atoms with E-state index in [0.717, 1.165) is 5.69 Å². The van der Waals surface area contributed by atoms with Gasteiger partial charge in [-0.05, 0) is 32.0 Å². The van der Waals surface area contributed by atoms with Gasteiger partial charge in [-0.15, -0.1) is 0 Å². The van der Waals surface area contributed by atoms with Crippen LogP contribution in [-0.4, -0.2) is 22.7 Å². The van der Waals surface area contributed by atoms with Crippen LogP contribution in [0.3, 0.4) is 0 Å². The first kappa shape index (κ1) is 13.1. The average Bonchev–Trinajstić information content (AvgIpc) is 2.89. The summed E-state index contributed by atoms with van der Waals surface area (Å²) in [7, 11) is 1.81. The average molecular weight is 258 g/mol. The molecule has 0 saturated heterocycles. The van der Waals surface area contributed by atoms with Crippen LogP contribution < -0.4 is 10.4 Å². The summed E-state index contributed by atoms with van der Waals surface area (Å²) in [6.45, 7) is 3.98. The molecule has 1 aromatic carbocycles. The Kier molecular flexibility index (Phi) is 3.85. The van der Waals surface area contributed by atoms with Crippen molar-refractivity contribution in [2.75, 3.05) is 12.1 Å². The first-order valence-corrected chi connectivity index (χ1v) is 6.23. The maximum atomic E-state index is 12.2. The van der Waals surface area contributed by atoms with E-state index in [2.05, 4.69) is 10.5 Å². The molecule has 5 heteroatoms. The van der Waals surface area contributed by atoms with Crippen molar-refractivity contribution in [2.45, 2.75) is 19.9 Å². The molecule has 0 aliphatic carbocycles. The van der Waals surface area contributed by atoms with Gasteiger partial charge in [-0.2, -0.15) is 5.10 Å². The summed E-state index contributed by atoms with van der Waals surface area (Å²) < 4.78 is 1.70. The van der Waals surface area contributed by atoms with Crippen LogP contribution in [0.2, 0.25) is 0 Å². The lowest BCUT2D eigenvalue weighted by molar-refractivity contribution is 0.0939. The Bertz CT molecular complexity index is 548. The first-order valence-electron chi connectivity index (χ1n) is 6.23. The second-order valence-electron chi connectivity index (χ2n) is 4.59. The third-order valence-electron chi connectivity index (χ3n) is 2.80. The van der Waals surface area contributed by atoms with Gasteiger partial charge >= 0.3 is 0 Å². The van der Waals surface area contributed by atoms with Crippen LogP contribution in [0.1, 0.15) is 30.4 Å². The third-order valence-corrected chi connectivity index (χ3v) is 2.80. The molecule has 0 radical (unpaired) electrons. The fourth-order valence-corrected chi connectivity index (χ4v) is 1.83. The third kappa shape index (κ3) is 2.93. The molecule has 1 amide bonds. The zero-order valence-electron chi connectivity index (χ0n) is 11.4. The zero-order valence-corrected chi connectivity index (χ0v) is 11.4. The number of carbonyl (C=O) groups is 1. The van der Waals surface area contributed by atoms with Gasteiger partial charge in [0.15, 0.2) is 0 Å². The van der Waals surface area contributed by atoms with Crippen LogP contribution in [0, 0.1) is 0 Å². The molecule has 100 valence electrons. The summed E-state index contributed by atoms with van der Waals surface area (Å²) in [6.07, 6.45) is 1.64. The first-order chi connectivity index (χ1) is 9.09. The predicted octanol–water partition coefficient (Wildman–Crippen LogP) is 2.25. The van der Waals surface area contributed by atoms with Crippen molar-refractivity contribution in [1.82, 2.24) is 15.2 Å². The molecule has 0 spiro atoms. The van der Waals surface area contributed by atoms with Crippen molar-refractivity contribution < 1.29 is 4.79 Å². The van der Waals surface area contributed by atoms with Crippen molar-refractivity contribution in [3.8, 4) is 0 Å². The second-order valence-corrected chi connectivity index (χ2v) is 4.59. The molecule has 2 rings (SSSR count). The molecule has 2 aromatic rings. The Hall–Kier alpha value is -2.30. The lowest BCUT2D eigenvalue weighted by Gasteiger charge is -2.20. The maximum Gasteiger partial charge on any atom is 0.288 e. The van der Waals surface area contributed by atoms with Gasteiger partial charge in [0.25, 0.3) is 5.91 Å². The van der Waals surface area contributed by atoms with Gasteiger partial charge in [0.1, 0.15) is 5.69 Å². The normalized spacial score (nSPS) is 10.5. The van der Waals surface area contributed by atoms with Crippen molar-refractivity contribution >= 4 is 11.6 Å². The van der Waals surface area contributed by atoms with Crippen molar-refractivity contribution in [2.24, 2.45) is 0 Å². The van der Waals surface area contributed by atoms with Crippen molar-refractivity contribution in [1.29, 1.82) is 0 Å². The Labute approximate surface area is 112 Å². The lowest BCUT2D eigenvalue weighted by atomic mass is 10.3. The standard InChI is InChI=1S/C14H18N4O/c1-11(2)18-13(9-10-15-18)14(19)16-17(3)12-7-5-4-6-8-12/h4-11H,1-3H3,(H,16,19). The number of anilines is 1. The van der Waals surface area contributed by atoms with Gasteiger partial charge in [-0.1, -0.05) is 18.2 Å². The van der Waals surface area contributed by atoms with Gasteiger partial charge in [-0.3, -0.25) is 19.9 Å². The van der Waals surface area contributed by atoms with Crippen LogP contribution in [-0.2, 0) is 0 Å². The highest BCUT2D eigenvalue weighted by molar-refractivity contribution is 5.93. The number of hydrogen-bond donors (Lipinski definition) is 1. The number of nitrogens with one attached hydrogen (secondary N) is 1. The molecule has 0 bridgehead atoms. The highest BCUT2D eigenvalue weighted by atomic mass is 16.2. The number of carbonyl (C=O) groups excluding carboxylic acids is 1. The number of nitrogens with zero attached hydrogens (tertiary/aromatic N) is 3. The number of hydrogen-bond acceptors (Lipinski definition) is 3. The van der Waals surface area contributed by atoms with E-state index in [1.54, 1.807) is 22.0 Å². The maximum absolute atomic E-state index is 12.2. The highest BCUT2D eigenvalue weighted by Crippen LogP contribution is 2.11. The smallest absolute Gasteiger partial charge is 0.288 e. The van der Waals surface area contributed by atoms with E-state index in [4.69, 9.17) is 0 Å². The van der Waals surface area contributed by atoms with Gasteiger partial charge in [0.05, 0.1) is 5.69 Å². The monoisotopic (exact) mass is 258 g/mol. The summed E-state index contributed by atoms with van der Waals surface area (Å²) in [4.78, 5) is 12.2. The molecule has 0 fully saturated rings.